The molecule has 0 bridgehead atoms. The number of rotatable bonds is 7. The Labute approximate surface area is 143 Å². The molecule has 0 aliphatic rings. The third-order valence-electron chi connectivity index (χ3n) is 3.39. The molecule has 25 heavy (non-hydrogen) atoms. The molecule has 1 heterocycles. The molecule has 0 unspecified atom stereocenters. The molecule has 0 saturated carbocycles. The summed E-state index contributed by atoms with van der Waals surface area (Å²) < 4.78 is 39.7. The van der Waals surface area contributed by atoms with Gasteiger partial charge in [-0.05, 0) is 51.3 Å². The van der Waals surface area contributed by atoms with Gasteiger partial charge >= 0.3 is 0 Å². The molecule has 0 aliphatic heterocycles. The molecule has 0 fully saturated rings. The number of amides is 1. The number of anilines is 2. The lowest BCUT2D eigenvalue weighted by Gasteiger charge is -2.10. The van der Waals surface area contributed by atoms with Gasteiger partial charge in [0.15, 0.2) is 17.5 Å². The molecule has 0 saturated heterocycles. The molecular weight excluding hydrogens is 333 g/mol. The SMILES string of the molecule is CN(C)CCCNC(=O)c1ccc(Nc2ccc(F)c(F)c2F)nc1. The lowest BCUT2D eigenvalue weighted by Crippen LogP contribution is -2.27. The maximum absolute atomic E-state index is 13.6. The summed E-state index contributed by atoms with van der Waals surface area (Å²) in [6.07, 6.45) is 2.14. The summed E-state index contributed by atoms with van der Waals surface area (Å²) in [5, 5.41) is 5.31. The van der Waals surface area contributed by atoms with Crippen LogP contribution in [0.15, 0.2) is 30.5 Å². The summed E-state index contributed by atoms with van der Waals surface area (Å²) in [5.41, 5.74) is 0.105. The van der Waals surface area contributed by atoms with E-state index in [1.54, 1.807) is 0 Å². The minimum atomic E-state index is -1.56. The Morgan fingerprint density at radius 2 is 1.88 bits per heavy atom. The van der Waals surface area contributed by atoms with E-state index < -0.39 is 17.5 Å². The molecule has 2 aromatic rings. The van der Waals surface area contributed by atoms with E-state index in [0.717, 1.165) is 25.1 Å². The lowest BCUT2D eigenvalue weighted by atomic mass is 10.2. The van der Waals surface area contributed by atoms with Crippen LogP contribution in [-0.4, -0.2) is 43.0 Å². The minimum absolute atomic E-state index is 0.203. The molecule has 2 rings (SSSR count). The van der Waals surface area contributed by atoms with Crippen LogP contribution < -0.4 is 10.6 Å². The van der Waals surface area contributed by atoms with Crippen LogP contribution in [0.2, 0.25) is 0 Å². The summed E-state index contributed by atoms with van der Waals surface area (Å²) >= 11 is 0. The van der Waals surface area contributed by atoms with Crippen molar-refractivity contribution in [3.8, 4) is 0 Å². The maximum atomic E-state index is 13.6. The van der Waals surface area contributed by atoms with Crippen molar-refractivity contribution in [3.63, 3.8) is 0 Å². The maximum Gasteiger partial charge on any atom is 0.252 e. The second-order valence-electron chi connectivity index (χ2n) is 5.69. The summed E-state index contributed by atoms with van der Waals surface area (Å²) in [5.74, 6) is -4.22. The van der Waals surface area contributed by atoms with E-state index in [1.165, 1.54) is 18.3 Å². The summed E-state index contributed by atoms with van der Waals surface area (Å²) in [4.78, 5) is 18.0. The predicted molar refractivity (Wildman–Crippen MR) is 89.3 cm³/mol. The van der Waals surface area contributed by atoms with Gasteiger partial charge in [0.1, 0.15) is 5.82 Å². The number of carbonyl (C=O) groups excluding carboxylic acids is 1. The molecule has 8 heteroatoms. The smallest absolute Gasteiger partial charge is 0.252 e. The Kier molecular flexibility index (Phi) is 6.35. The molecule has 0 radical (unpaired) electrons. The van der Waals surface area contributed by atoms with E-state index in [1.807, 2.05) is 19.0 Å². The second-order valence-corrected chi connectivity index (χ2v) is 5.69. The number of nitrogens with zero attached hydrogens (tertiary/aromatic N) is 2. The van der Waals surface area contributed by atoms with Crippen molar-refractivity contribution in [2.45, 2.75) is 6.42 Å². The Balaban J connectivity index is 1.96. The first-order chi connectivity index (χ1) is 11.9. The zero-order valence-electron chi connectivity index (χ0n) is 13.9. The van der Waals surface area contributed by atoms with Crippen molar-refractivity contribution in [2.24, 2.45) is 0 Å². The van der Waals surface area contributed by atoms with Crippen LogP contribution in [0.3, 0.4) is 0 Å². The van der Waals surface area contributed by atoms with E-state index in [4.69, 9.17) is 0 Å². The van der Waals surface area contributed by atoms with Crippen LogP contribution in [-0.2, 0) is 0 Å². The third-order valence-corrected chi connectivity index (χ3v) is 3.39. The highest BCUT2D eigenvalue weighted by Crippen LogP contribution is 2.22. The Morgan fingerprint density at radius 3 is 2.52 bits per heavy atom. The van der Waals surface area contributed by atoms with Crippen molar-refractivity contribution >= 4 is 17.4 Å². The number of hydrogen-bond donors (Lipinski definition) is 2. The van der Waals surface area contributed by atoms with Gasteiger partial charge in [-0.15, -0.1) is 0 Å². The number of carbonyl (C=O) groups is 1. The van der Waals surface area contributed by atoms with Gasteiger partial charge in [0.2, 0.25) is 0 Å². The topological polar surface area (TPSA) is 57.3 Å². The molecule has 134 valence electrons. The van der Waals surface area contributed by atoms with Gasteiger partial charge in [-0.3, -0.25) is 4.79 Å². The van der Waals surface area contributed by atoms with Crippen LogP contribution in [0, 0.1) is 17.5 Å². The van der Waals surface area contributed by atoms with Gasteiger partial charge in [-0.25, -0.2) is 18.2 Å². The van der Waals surface area contributed by atoms with Crippen molar-refractivity contribution in [1.29, 1.82) is 0 Å². The second kappa shape index (κ2) is 8.48. The third kappa shape index (κ3) is 5.18. The van der Waals surface area contributed by atoms with E-state index in [9.17, 15) is 18.0 Å². The van der Waals surface area contributed by atoms with Gasteiger partial charge in [0.25, 0.3) is 5.91 Å². The van der Waals surface area contributed by atoms with Gasteiger partial charge in [0.05, 0.1) is 11.3 Å². The Morgan fingerprint density at radius 1 is 1.12 bits per heavy atom. The molecule has 1 amide bonds. The van der Waals surface area contributed by atoms with Crippen molar-refractivity contribution < 1.29 is 18.0 Å². The van der Waals surface area contributed by atoms with E-state index >= 15 is 0 Å². The van der Waals surface area contributed by atoms with Crippen LogP contribution in [0.1, 0.15) is 16.8 Å². The van der Waals surface area contributed by atoms with Crippen LogP contribution in [0.4, 0.5) is 24.7 Å². The summed E-state index contributed by atoms with van der Waals surface area (Å²) in [6, 6.07) is 4.85. The highest BCUT2D eigenvalue weighted by atomic mass is 19.2. The summed E-state index contributed by atoms with van der Waals surface area (Å²) in [6.45, 7) is 1.40. The van der Waals surface area contributed by atoms with Crippen molar-refractivity contribution in [2.75, 3.05) is 32.5 Å². The quantitative estimate of drug-likeness (QED) is 0.594. The molecule has 5 nitrogen and oxygen atoms in total. The lowest BCUT2D eigenvalue weighted by molar-refractivity contribution is 0.0952. The first-order valence-corrected chi connectivity index (χ1v) is 7.68. The van der Waals surface area contributed by atoms with Gasteiger partial charge in [-0.1, -0.05) is 0 Å². The summed E-state index contributed by atoms with van der Waals surface area (Å²) in [7, 11) is 3.90. The fourth-order valence-corrected chi connectivity index (χ4v) is 2.06. The predicted octanol–water partition coefficient (Wildman–Crippen LogP) is 2.92. The zero-order chi connectivity index (χ0) is 18.4. The normalized spacial score (nSPS) is 10.8. The van der Waals surface area contributed by atoms with Crippen LogP contribution >= 0.6 is 0 Å². The van der Waals surface area contributed by atoms with Crippen LogP contribution in [0.25, 0.3) is 0 Å². The Hall–Kier alpha value is -2.61. The van der Waals surface area contributed by atoms with Crippen molar-refractivity contribution in [3.05, 3.63) is 53.5 Å². The number of halogens is 3. The van der Waals surface area contributed by atoms with E-state index in [0.29, 0.717) is 12.1 Å². The largest absolute Gasteiger partial charge is 0.352 e. The molecule has 0 spiro atoms. The Bertz CT molecular complexity index is 735. The average molecular weight is 352 g/mol. The fraction of sp³-hybridized carbons (Fsp3) is 0.294. The van der Waals surface area contributed by atoms with E-state index in [2.05, 4.69) is 15.6 Å². The van der Waals surface area contributed by atoms with Gasteiger partial charge in [0, 0.05) is 12.7 Å². The standard InChI is InChI=1S/C17H19F3N4O/c1-24(2)9-3-8-21-17(25)11-4-7-14(22-10-11)23-13-6-5-12(18)15(19)16(13)20/h4-7,10H,3,8-9H2,1-2H3,(H,21,25)(H,22,23). The van der Waals surface area contributed by atoms with E-state index in [-0.39, 0.29) is 17.4 Å². The molecule has 1 aromatic carbocycles. The number of benzene rings is 1. The van der Waals surface area contributed by atoms with Crippen molar-refractivity contribution in [1.82, 2.24) is 15.2 Å². The van der Waals surface area contributed by atoms with Gasteiger partial charge in [-0.2, -0.15) is 0 Å². The number of hydrogen-bond acceptors (Lipinski definition) is 4. The average Bonchev–Trinajstić information content (AvgIpc) is 2.59. The van der Waals surface area contributed by atoms with Crippen LogP contribution in [0.5, 0.6) is 0 Å². The highest BCUT2D eigenvalue weighted by Gasteiger charge is 2.14. The zero-order valence-corrected chi connectivity index (χ0v) is 13.9. The minimum Gasteiger partial charge on any atom is -0.352 e. The molecule has 0 atom stereocenters. The molecular formula is C17H19F3N4O. The number of pyridine rings is 1. The fourth-order valence-electron chi connectivity index (χ4n) is 2.06. The number of aromatic nitrogens is 1. The molecule has 2 N–H and O–H groups in total. The number of nitrogens with one attached hydrogen (secondary N) is 2. The monoisotopic (exact) mass is 352 g/mol. The highest BCUT2D eigenvalue weighted by molar-refractivity contribution is 5.94. The first-order valence-electron chi connectivity index (χ1n) is 7.68. The molecule has 1 aromatic heterocycles. The van der Waals surface area contributed by atoms with Gasteiger partial charge < -0.3 is 15.5 Å². The molecule has 0 aliphatic carbocycles. The first kappa shape index (κ1) is 18.7.